The number of nitrogens with two attached hydrogens (primary N) is 2. The molecule has 1 atom stereocenters. The molecular weight excluding hydrogens is 892 g/mol. The number of rotatable bonds is 11. The minimum absolute atomic E-state index is 0.206. The van der Waals surface area contributed by atoms with E-state index in [9.17, 15) is 70.0 Å². The van der Waals surface area contributed by atoms with Crippen LogP contribution < -0.4 is 16.8 Å². The molecule has 0 fully saturated rings. The highest BCUT2D eigenvalue weighted by molar-refractivity contribution is 7.90. The third-order valence-electron chi connectivity index (χ3n) is 7.30. The van der Waals surface area contributed by atoms with Gasteiger partial charge in [-0.3, -0.25) is 22.8 Å². The molecule has 0 saturated carbocycles. The van der Waals surface area contributed by atoms with Crippen LogP contribution in [-0.4, -0.2) is 91.0 Å². The first-order valence-corrected chi connectivity index (χ1v) is 22.0. The zero-order valence-electron chi connectivity index (χ0n) is 27.3. The minimum atomic E-state index is -5.47. The second-order valence-electron chi connectivity index (χ2n) is 11.1. The number of azo groups is 2. The first kappa shape index (κ1) is 42.8. The van der Waals surface area contributed by atoms with Crippen molar-refractivity contribution in [3.63, 3.8) is 0 Å². The van der Waals surface area contributed by atoms with Gasteiger partial charge in [-0.25, -0.2) is 0 Å². The molecule has 1 aliphatic carbocycles. The lowest BCUT2D eigenvalue weighted by atomic mass is 10.0. The lowest BCUT2D eigenvalue weighted by molar-refractivity contribution is 0.472. The average molecular weight is 913 g/mol. The van der Waals surface area contributed by atoms with Gasteiger partial charge < -0.3 is 21.9 Å². The fourth-order valence-corrected chi connectivity index (χ4v) is 8.24. The highest BCUT2D eigenvalue weighted by Crippen LogP contribution is 2.48. The van der Waals surface area contributed by atoms with Crippen molar-refractivity contribution in [3.05, 3.63) is 58.4 Å². The Hall–Kier alpha value is -5.35. The van der Waals surface area contributed by atoms with Crippen LogP contribution in [0.25, 0.3) is 10.8 Å². The number of allylic oxidation sites excluding steroid dienone is 1. The van der Waals surface area contributed by atoms with Gasteiger partial charge in [-0.2, -0.15) is 62.2 Å². The molecule has 5 rings (SSSR count). The second-order valence-corrected chi connectivity index (χ2v) is 18.4. The topological polar surface area (TPSA) is 444 Å². The van der Waals surface area contributed by atoms with Crippen LogP contribution in [0.5, 0.6) is 5.75 Å². The summed E-state index contributed by atoms with van der Waals surface area (Å²) in [5.41, 5.74) is 6.67. The van der Waals surface area contributed by atoms with E-state index >= 15 is 0 Å². The fourth-order valence-electron chi connectivity index (χ4n) is 4.97. The molecule has 304 valence electrons. The maximum absolute atomic E-state index is 12.5. The predicted octanol–water partition coefficient (Wildman–Crippen LogP) is 2.57. The number of nitrogens with one attached hydrogen (secondary N) is 1. The molecule has 0 spiro atoms. The summed E-state index contributed by atoms with van der Waals surface area (Å²) in [5.74, 6) is -1.85. The Morgan fingerprint density at radius 1 is 0.702 bits per heavy atom. The lowest BCUT2D eigenvalue weighted by Crippen LogP contribution is -2.23. The smallest absolute Gasteiger partial charge is 0.296 e. The van der Waals surface area contributed by atoms with E-state index in [4.69, 9.17) is 23.1 Å². The van der Waals surface area contributed by atoms with Crippen LogP contribution in [0.4, 0.5) is 34.6 Å². The van der Waals surface area contributed by atoms with Crippen molar-refractivity contribution in [2.75, 3.05) is 16.8 Å². The molecule has 0 bridgehead atoms. The molecule has 1 heterocycles. The fraction of sp³-hybridized carbons (Fsp3) is 0.0800. The van der Waals surface area contributed by atoms with Gasteiger partial charge in [-0.1, -0.05) is 6.08 Å². The quantitative estimate of drug-likeness (QED) is 0.0593. The first-order valence-electron chi connectivity index (χ1n) is 14.4. The lowest BCUT2D eigenvalue weighted by Gasteiger charge is -2.20. The number of aromatic hydroxyl groups is 1. The number of benzene rings is 3. The Kier molecular flexibility index (Phi) is 11.2. The first-order chi connectivity index (χ1) is 26.1. The highest BCUT2D eigenvalue weighted by atomic mass is 35.5. The molecular formula is C25H21ClN10O16S5. The molecule has 26 nitrogen and oxygen atoms in total. The van der Waals surface area contributed by atoms with Crippen molar-refractivity contribution < 1.29 is 70.0 Å². The van der Waals surface area contributed by atoms with Crippen LogP contribution in [0.2, 0.25) is 5.28 Å². The summed E-state index contributed by atoms with van der Waals surface area (Å²) in [6.07, 6.45) is 1.56. The number of phenolic OH excluding ortho intramolecular Hbond substituents is 1. The van der Waals surface area contributed by atoms with Gasteiger partial charge in [0, 0.05) is 6.42 Å². The van der Waals surface area contributed by atoms with E-state index in [0.717, 1.165) is 6.08 Å². The molecule has 1 aromatic heterocycles. The number of halogens is 1. The number of hydrogen-bond donors (Lipinski definition) is 9. The van der Waals surface area contributed by atoms with Crippen LogP contribution in [-0.2, 0) is 50.6 Å². The monoisotopic (exact) mass is 912 g/mol. The molecule has 0 aliphatic heterocycles. The summed E-state index contributed by atoms with van der Waals surface area (Å²) in [6, 6.07) is 1.37. The van der Waals surface area contributed by atoms with Crippen LogP contribution in [0, 0.1) is 0 Å². The normalized spacial score (nSPS) is 15.9. The summed E-state index contributed by atoms with van der Waals surface area (Å²) < 4.78 is 170. The van der Waals surface area contributed by atoms with E-state index in [1.807, 2.05) is 0 Å². The van der Waals surface area contributed by atoms with Crippen LogP contribution >= 0.6 is 11.6 Å². The molecule has 32 heteroatoms. The molecule has 11 N–H and O–H groups in total. The van der Waals surface area contributed by atoms with Gasteiger partial charge in [0.15, 0.2) is 5.75 Å². The van der Waals surface area contributed by atoms with Gasteiger partial charge in [0.05, 0.1) is 27.7 Å². The molecule has 0 saturated heterocycles. The van der Waals surface area contributed by atoms with E-state index in [2.05, 4.69) is 40.7 Å². The highest BCUT2D eigenvalue weighted by Gasteiger charge is 2.30. The van der Waals surface area contributed by atoms with Gasteiger partial charge in [0.1, 0.15) is 36.7 Å². The Labute approximate surface area is 324 Å². The number of phenols is 1. The molecule has 1 unspecified atom stereocenters. The summed E-state index contributed by atoms with van der Waals surface area (Å²) in [6.45, 7) is 0. The zero-order valence-corrected chi connectivity index (χ0v) is 32.1. The van der Waals surface area contributed by atoms with Crippen molar-refractivity contribution in [2.45, 2.75) is 32.0 Å². The third kappa shape index (κ3) is 9.45. The maximum atomic E-state index is 12.5. The third-order valence-corrected chi connectivity index (χ3v) is 11.9. The van der Waals surface area contributed by atoms with Crippen molar-refractivity contribution in [3.8, 4) is 5.75 Å². The molecule has 4 aromatic rings. The molecule has 0 radical (unpaired) electrons. The maximum Gasteiger partial charge on any atom is 0.296 e. The van der Waals surface area contributed by atoms with Crippen molar-refractivity contribution in [1.82, 2.24) is 15.0 Å². The van der Waals surface area contributed by atoms with E-state index in [-0.39, 0.29) is 17.2 Å². The van der Waals surface area contributed by atoms with E-state index in [0.29, 0.717) is 30.3 Å². The second kappa shape index (κ2) is 14.9. The van der Waals surface area contributed by atoms with E-state index in [1.165, 1.54) is 6.08 Å². The number of nitrogen functional groups attached to an aromatic ring is 2. The Balaban J connectivity index is 1.74. The number of aromatic nitrogens is 3. The number of fused-ring (bicyclic) bond motifs is 1. The number of nitrogens with zero attached hydrogens (tertiary/aromatic N) is 7. The van der Waals surface area contributed by atoms with Gasteiger partial charge in [0.2, 0.25) is 17.2 Å². The summed E-state index contributed by atoms with van der Waals surface area (Å²) in [5, 5.41) is 26.4. The molecule has 0 amide bonds. The molecule has 1 aliphatic rings. The molecule has 57 heavy (non-hydrogen) atoms. The average Bonchev–Trinajstić information content (AvgIpc) is 3.04. The summed E-state index contributed by atoms with van der Waals surface area (Å²) in [4.78, 5) is 5.55. The standard InChI is InChI=1S/C25H21ClN10O16S5/c26-23-30-24(28)32-25(31-23)29-10-1-3-14(54(41,42)43)12(7-10)33-36-21-17(57(50,51)52)6-9-5-16(56(47,48)49)20(19(27)18(9)22(21)37)35-34-13-8-11(53(38,39)40)2-4-15(13)55(44,45)46/h1-6,8,10,37H,7,27H2,(H,38,39,40)(H,41,42,43)(H,44,45,46)(H,47,48,49)(H,50,51,52)(H3,28,29,30,31,32). The van der Waals surface area contributed by atoms with E-state index in [1.54, 1.807) is 0 Å². The zero-order chi connectivity index (χ0) is 42.6. The van der Waals surface area contributed by atoms with Crippen LogP contribution in [0.15, 0.2) is 93.1 Å². The van der Waals surface area contributed by atoms with Crippen molar-refractivity contribution in [1.29, 1.82) is 0 Å². The van der Waals surface area contributed by atoms with Gasteiger partial charge >= 0.3 is 0 Å². The Morgan fingerprint density at radius 2 is 1.28 bits per heavy atom. The van der Waals surface area contributed by atoms with Gasteiger partial charge in [-0.15, -0.1) is 15.3 Å². The SMILES string of the molecule is Nc1nc(Cl)nc(NC2C=CC(S(=O)(=O)O)=C(N=Nc3c(S(=O)(=O)O)cc4cc(S(=O)(=O)O)c(N=Nc5cc(S(=O)(=O)O)ccc5S(=O)(=O)O)c(N)c4c3O)C2)n1. The van der Waals surface area contributed by atoms with Crippen molar-refractivity contribution >= 4 is 108 Å². The Morgan fingerprint density at radius 3 is 1.82 bits per heavy atom. The largest absolute Gasteiger partial charge is 0.505 e. The van der Waals surface area contributed by atoms with Gasteiger partial charge in [-0.05, 0) is 53.4 Å². The van der Waals surface area contributed by atoms with E-state index < -0.39 is 133 Å². The predicted molar refractivity (Wildman–Crippen MR) is 193 cm³/mol. The minimum Gasteiger partial charge on any atom is -0.505 e. The summed E-state index contributed by atoms with van der Waals surface area (Å²) in [7, 11) is -26.3. The van der Waals surface area contributed by atoms with Crippen LogP contribution in [0.1, 0.15) is 6.42 Å². The van der Waals surface area contributed by atoms with Crippen molar-refractivity contribution in [2.24, 2.45) is 20.5 Å². The van der Waals surface area contributed by atoms with Gasteiger partial charge in [0.25, 0.3) is 50.6 Å². The number of hydrogen-bond acceptors (Lipinski definition) is 21. The Bertz CT molecular complexity index is 3080. The summed E-state index contributed by atoms with van der Waals surface area (Å²) >= 11 is 5.78. The number of anilines is 3. The van der Waals surface area contributed by atoms with Crippen LogP contribution in [0.3, 0.4) is 0 Å². The molecule has 3 aromatic carbocycles.